The molecule has 2 N–H and O–H groups in total. The predicted octanol–water partition coefficient (Wildman–Crippen LogP) is 4.25. The van der Waals surface area contributed by atoms with Crippen molar-refractivity contribution in [2.45, 2.75) is 30.6 Å². The number of nitrogens with one attached hydrogen (secondary N) is 2. The molecule has 2 aromatic carbocycles. The molecule has 1 saturated heterocycles. The number of piperazine rings is 1. The summed E-state index contributed by atoms with van der Waals surface area (Å²) < 4.78 is 48.4. The van der Waals surface area contributed by atoms with E-state index in [1.54, 1.807) is 19.1 Å². The molecular formula is C30H37FN8O4S2. The molecule has 1 aliphatic rings. The van der Waals surface area contributed by atoms with Crippen LogP contribution in [0.1, 0.15) is 18.2 Å². The van der Waals surface area contributed by atoms with E-state index in [1.165, 1.54) is 17.7 Å². The van der Waals surface area contributed by atoms with Crippen LogP contribution in [0.2, 0.25) is 0 Å². The number of hydrogen-bond donors (Lipinski definition) is 2. The second-order valence-electron chi connectivity index (χ2n) is 11.2. The summed E-state index contributed by atoms with van der Waals surface area (Å²) in [5.74, 6) is 0.391. The number of thiazole rings is 1. The smallest absolute Gasteiger partial charge is 0.413 e. The summed E-state index contributed by atoms with van der Waals surface area (Å²) in [6.07, 6.45) is 0.776. The minimum Gasteiger partial charge on any atom is -0.453 e. The number of sulfonamides is 1. The van der Waals surface area contributed by atoms with Crippen molar-refractivity contribution >= 4 is 49.3 Å². The summed E-state index contributed by atoms with van der Waals surface area (Å²) in [4.78, 5) is 28.8. The second-order valence-corrected chi connectivity index (χ2v) is 14.3. The van der Waals surface area contributed by atoms with Gasteiger partial charge in [0, 0.05) is 67.4 Å². The molecule has 15 heteroatoms. The highest BCUT2D eigenvalue weighted by atomic mass is 32.2. The van der Waals surface area contributed by atoms with Crippen molar-refractivity contribution in [1.29, 1.82) is 0 Å². The van der Waals surface area contributed by atoms with Crippen LogP contribution in [0.25, 0.3) is 22.0 Å². The summed E-state index contributed by atoms with van der Waals surface area (Å²) >= 11 is 0.909. The van der Waals surface area contributed by atoms with Crippen molar-refractivity contribution in [3.63, 3.8) is 0 Å². The third kappa shape index (κ3) is 7.23. The molecule has 1 atom stereocenters. The molecule has 0 bridgehead atoms. The third-order valence-electron chi connectivity index (χ3n) is 7.49. The summed E-state index contributed by atoms with van der Waals surface area (Å²) in [6.45, 7) is 6.54. The molecule has 5 rings (SSSR count). The number of carbonyl (C=O) groups is 1. The van der Waals surface area contributed by atoms with E-state index in [4.69, 9.17) is 0 Å². The number of nitrogens with zero attached hydrogens (tertiary/aromatic N) is 6. The SMILES string of the molecule is COC(=O)Nc1nc(C)c(S(=O)(=O)N2CCN(CC(C)Nc3ncnc4c(-c5cccc(CN(C)C)c5F)cccc34)CC2)s1. The second kappa shape index (κ2) is 13.7. The van der Waals surface area contributed by atoms with Crippen LogP contribution in [-0.2, 0) is 21.3 Å². The first kappa shape index (κ1) is 32.6. The molecule has 1 aliphatic heterocycles. The first-order valence-corrected chi connectivity index (χ1v) is 16.7. The maximum Gasteiger partial charge on any atom is 0.413 e. The zero-order valence-corrected chi connectivity index (χ0v) is 27.5. The number of aromatic nitrogens is 3. The number of amides is 1. The molecule has 45 heavy (non-hydrogen) atoms. The topological polar surface area (TPSA) is 133 Å². The zero-order valence-electron chi connectivity index (χ0n) is 25.9. The van der Waals surface area contributed by atoms with Crippen molar-refractivity contribution < 1.29 is 22.3 Å². The third-order valence-corrected chi connectivity index (χ3v) is 11.0. The molecule has 0 aliphatic carbocycles. The maximum absolute atomic E-state index is 15.5. The molecular weight excluding hydrogens is 620 g/mol. The first-order chi connectivity index (χ1) is 21.5. The van der Waals surface area contributed by atoms with Gasteiger partial charge in [-0.05, 0) is 34.0 Å². The van der Waals surface area contributed by atoms with Crippen molar-refractivity contribution in [1.82, 2.24) is 29.1 Å². The Morgan fingerprint density at radius 3 is 2.53 bits per heavy atom. The number of aryl methyl sites for hydroxylation is 1. The molecule has 2 aromatic heterocycles. The number of para-hydroxylation sites is 1. The average molecular weight is 657 g/mol. The lowest BCUT2D eigenvalue weighted by molar-refractivity contribution is 0.184. The largest absolute Gasteiger partial charge is 0.453 e. The van der Waals surface area contributed by atoms with Crippen molar-refractivity contribution in [3.05, 3.63) is 59.8 Å². The number of anilines is 2. The van der Waals surface area contributed by atoms with Crippen molar-refractivity contribution in [3.8, 4) is 11.1 Å². The molecule has 1 fully saturated rings. The molecule has 0 radical (unpaired) electrons. The lowest BCUT2D eigenvalue weighted by atomic mass is 9.99. The van der Waals surface area contributed by atoms with Gasteiger partial charge in [0.05, 0.1) is 18.3 Å². The van der Waals surface area contributed by atoms with E-state index in [-0.39, 0.29) is 21.2 Å². The van der Waals surface area contributed by atoms with Gasteiger partial charge in [-0.1, -0.05) is 41.7 Å². The predicted molar refractivity (Wildman–Crippen MR) is 173 cm³/mol. The van der Waals surface area contributed by atoms with Crippen molar-refractivity contribution in [2.75, 3.05) is 64.6 Å². The van der Waals surface area contributed by atoms with Crippen LogP contribution in [0.3, 0.4) is 0 Å². The Balaban J connectivity index is 1.25. The summed E-state index contributed by atoms with van der Waals surface area (Å²) in [5.41, 5.74) is 2.80. The molecule has 240 valence electrons. The Bertz CT molecular complexity index is 1790. The summed E-state index contributed by atoms with van der Waals surface area (Å²) in [7, 11) is 1.27. The van der Waals surface area contributed by atoms with Gasteiger partial charge in [0.2, 0.25) is 0 Å². The Labute approximate surface area is 266 Å². The van der Waals surface area contributed by atoms with Gasteiger partial charge in [0.15, 0.2) is 9.34 Å². The van der Waals surface area contributed by atoms with Gasteiger partial charge < -0.3 is 15.0 Å². The molecule has 0 saturated carbocycles. The number of benzene rings is 2. The molecule has 1 unspecified atom stereocenters. The quantitative estimate of drug-likeness (QED) is 0.255. The van der Waals surface area contributed by atoms with E-state index in [0.717, 1.165) is 16.7 Å². The van der Waals surface area contributed by atoms with E-state index in [9.17, 15) is 13.2 Å². The molecule has 4 aromatic rings. The Morgan fingerprint density at radius 2 is 1.82 bits per heavy atom. The lowest BCUT2D eigenvalue weighted by Crippen LogP contribution is -2.50. The highest BCUT2D eigenvalue weighted by molar-refractivity contribution is 7.91. The minimum atomic E-state index is -3.77. The number of ether oxygens (including phenoxy) is 1. The number of methoxy groups -OCH3 is 1. The minimum absolute atomic E-state index is 0.0224. The van der Waals surface area contributed by atoms with Crippen LogP contribution >= 0.6 is 11.3 Å². The Morgan fingerprint density at radius 1 is 1.11 bits per heavy atom. The average Bonchev–Trinajstić information content (AvgIpc) is 3.38. The number of carbonyl (C=O) groups excluding carboxylic acids is 1. The fourth-order valence-electron chi connectivity index (χ4n) is 5.42. The van der Waals surface area contributed by atoms with Gasteiger partial charge in [-0.3, -0.25) is 10.2 Å². The van der Waals surface area contributed by atoms with Crippen LogP contribution in [-0.4, -0.2) is 104 Å². The van der Waals surface area contributed by atoms with E-state index in [2.05, 4.69) is 35.2 Å². The zero-order chi connectivity index (χ0) is 32.3. The van der Waals surface area contributed by atoms with Crippen LogP contribution in [0.5, 0.6) is 0 Å². The fraction of sp³-hybridized carbons (Fsp3) is 0.400. The van der Waals surface area contributed by atoms with Crippen LogP contribution < -0.4 is 10.6 Å². The molecule has 3 heterocycles. The van der Waals surface area contributed by atoms with Gasteiger partial charge in [0.1, 0.15) is 18.0 Å². The Kier molecular flexibility index (Phi) is 9.94. The van der Waals surface area contributed by atoms with E-state index < -0.39 is 16.1 Å². The van der Waals surface area contributed by atoms with Gasteiger partial charge in [-0.25, -0.2) is 32.6 Å². The maximum atomic E-state index is 15.5. The molecule has 0 spiro atoms. The van der Waals surface area contributed by atoms with E-state index >= 15 is 4.39 Å². The van der Waals surface area contributed by atoms with Crippen molar-refractivity contribution in [2.24, 2.45) is 0 Å². The number of fused-ring (bicyclic) bond motifs is 1. The van der Waals surface area contributed by atoms with Gasteiger partial charge in [0.25, 0.3) is 10.0 Å². The van der Waals surface area contributed by atoms with Crippen LogP contribution in [0.15, 0.2) is 46.9 Å². The van der Waals surface area contributed by atoms with Crippen LogP contribution in [0.4, 0.5) is 20.1 Å². The highest BCUT2D eigenvalue weighted by Crippen LogP contribution is 2.33. The number of hydrogen-bond acceptors (Lipinski definition) is 11. The first-order valence-electron chi connectivity index (χ1n) is 14.5. The van der Waals surface area contributed by atoms with E-state index in [1.807, 2.05) is 50.2 Å². The van der Waals surface area contributed by atoms with Gasteiger partial charge >= 0.3 is 6.09 Å². The number of halogens is 1. The van der Waals surface area contributed by atoms with Crippen LogP contribution in [0, 0.1) is 12.7 Å². The highest BCUT2D eigenvalue weighted by Gasteiger charge is 2.32. The normalized spacial score (nSPS) is 15.4. The Hall–Kier alpha value is -3.76. The lowest BCUT2D eigenvalue weighted by Gasteiger charge is -2.35. The molecule has 12 nitrogen and oxygen atoms in total. The van der Waals surface area contributed by atoms with Gasteiger partial charge in [-0.2, -0.15) is 4.31 Å². The fourth-order valence-corrected chi connectivity index (χ4v) is 8.38. The monoisotopic (exact) mass is 656 g/mol. The standard InChI is InChI=1S/C30H37FN8O4S2/c1-19(16-38-12-14-39(15-13-38)45(41,42)28-20(2)35-29(44-28)36-30(40)43-5)34-27-24-11-7-10-23(26(24)32-18-33-27)22-9-6-8-21(25(22)31)17-37(3)4/h6-11,18-19H,12-17H2,1-5H3,(H,32,33,34)(H,35,36,40). The summed E-state index contributed by atoms with van der Waals surface area (Å²) in [5, 5.41) is 6.87. The van der Waals surface area contributed by atoms with Gasteiger partial charge in [-0.15, -0.1) is 0 Å². The number of rotatable bonds is 10. The summed E-state index contributed by atoms with van der Waals surface area (Å²) in [6, 6.07) is 11.1. The molecule has 1 amide bonds. The van der Waals surface area contributed by atoms with E-state index in [0.29, 0.717) is 73.0 Å².